The van der Waals surface area contributed by atoms with Crippen LogP contribution in [0.4, 0.5) is 13.2 Å². The zero-order valence-corrected chi connectivity index (χ0v) is 8.92. The van der Waals surface area contributed by atoms with Gasteiger partial charge in [0.1, 0.15) is 5.75 Å². The summed E-state index contributed by atoms with van der Waals surface area (Å²) < 4.78 is 39.3. The summed E-state index contributed by atoms with van der Waals surface area (Å²) in [5.41, 5.74) is 0.864. The maximum atomic E-state index is 11.9. The minimum Gasteiger partial charge on any atom is -0.406 e. The Kier molecular flexibility index (Phi) is 4.40. The fraction of sp³-hybridized carbons (Fsp3) is 0.333. The van der Waals surface area contributed by atoms with E-state index in [1.54, 1.807) is 12.1 Å². The Morgan fingerprint density at radius 1 is 1.19 bits per heavy atom. The maximum absolute atomic E-state index is 11.9. The summed E-state index contributed by atoms with van der Waals surface area (Å²) in [4.78, 5) is 0. The molecule has 0 aliphatic rings. The van der Waals surface area contributed by atoms with Gasteiger partial charge in [0, 0.05) is 0 Å². The van der Waals surface area contributed by atoms with Crippen LogP contribution in [0, 0.1) is 0 Å². The SMILES string of the molecule is CCC/C=C\c1ccc(OC(F)(F)F)cc1. The Morgan fingerprint density at radius 2 is 1.81 bits per heavy atom. The van der Waals surface area contributed by atoms with E-state index < -0.39 is 6.36 Å². The van der Waals surface area contributed by atoms with Crippen LogP contribution in [0.15, 0.2) is 30.3 Å². The van der Waals surface area contributed by atoms with Crippen LogP contribution in [0.1, 0.15) is 25.3 Å². The molecule has 1 rings (SSSR count). The quantitative estimate of drug-likeness (QED) is 0.744. The van der Waals surface area contributed by atoms with Crippen molar-refractivity contribution in [3.05, 3.63) is 35.9 Å². The third kappa shape index (κ3) is 4.87. The summed E-state index contributed by atoms with van der Waals surface area (Å²) in [5.74, 6) is -0.194. The smallest absolute Gasteiger partial charge is 0.406 e. The molecule has 0 N–H and O–H groups in total. The first-order chi connectivity index (χ1) is 7.51. The fourth-order valence-electron chi connectivity index (χ4n) is 1.17. The molecule has 0 aromatic heterocycles. The van der Waals surface area contributed by atoms with Crippen LogP contribution >= 0.6 is 0 Å². The molecule has 0 unspecified atom stereocenters. The van der Waals surface area contributed by atoms with Gasteiger partial charge in [-0.1, -0.05) is 37.6 Å². The number of rotatable bonds is 4. The standard InChI is InChI=1S/C12H13F3O/c1-2-3-4-5-10-6-8-11(9-7-10)16-12(13,14)15/h4-9H,2-3H2,1H3/b5-4-. The highest BCUT2D eigenvalue weighted by atomic mass is 19.4. The van der Waals surface area contributed by atoms with E-state index in [4.69, 9.17) is 0 Å². The second kappa shape index (κ2) is 5.58. The van der Waals surface area contributed by atoms with Crippen LogP contribution in [0.25, 0.3) is 6.08 Å². The van der Waals surface area contributed by atoms with E-state index in [0.29, 0.717) is 0 Å². The first kappa shape index (κ1) is 12.6. The first-order valence-electron chi connectivity index (χ1n) is 5.03. The van der Waals surface area contributed by atoms with Gasteiger partial charge in [0.05, 0.1) is 0 Å². The molecule has 4 heteroatoms. The Bertz CT molecular complexity index is 338. The molecule has 1 nitrogen and oxygen atoms in total. The number of unbranched alkanes of at least 4 members (excludes halogenated alkanes) is 1. The van der Waals surface area contributed by atoms with Crippen molar-refractivity contribution < 1.29 is 17.9 Å². The highest BCUT2D eigenvalue weighted by molar-refractivity contribution is 5.50. The molecule has 88 valence electrons. The molecule has 16 heavy (non-hydrogen) atoms. The van der Waals surface area contributed by atoms with Crippen molar-refractivity contribution in [2.45, 2.75) is 26.1 Å². The monoisotopic (exact) mass is 230 g/mol. The number of allylic oxidation sites excluding steroid dienone is 1. The third-order valence-corrected chi connectivity index (χ3v) is 1.88. The molecule has 0 saturated carbocycles. The van der Waals surface area contributed by atoms with Gasteiger partial charge in [-0.05, 0) is 24.1 Å². The molecular formula is C12H13F3O. The van der Waals surface area contributed by atoms with Crippen molar-refractivity contribution >= 4 is 6.08 Å². The van der Waals surface area contributed by atoms with Gasteiger partial charge in [-0.2, -0.15) is 0 Å². The van der Waals surface area contributed by atoms with Crippen molar-refractivity contribution in [1.82, 2.24) is 0 Å². The molecule has 0 fully saturated rings. The van der Waals surface area contributed by atoms with Crippen molar-refractivity contribution in [1.29, 1.82) is 0 Å². The summed E-state index contributed by atoms with van der Waals surface area (Å²) in [5, 5.41) is 0. The van der Waals surface area contributed by atoms with Crippen LogP contribution in [-0.4, -0.2) is 6.36 Å². The lowest BCUT2D eigenvalue weighted by Crippen LogP contribution is -2.16. The fourth-order valence-corrected chi connectivity index (χ4v) is 1.17. The second-order valence-electron chi connectivity index (χ2n) is 3.31. The van der Waals surface area contributed by atoms with Crippen LogP contribution < -0.4 is 4.74 Å². The lowest BCUT2D eigenvalue weighted by atomic mass is 10.2. The zero-order chi connectivity index (χ0) is 12.0. The van der Waals surface area contributed by atoms with E-state index in [1.165, 1.54) is 12.1 Å². The number of halogens is 3. The maximum Gasteiger partial charge on any atom is 0.573 e. The van der Waals surface area contributed by atoms with Crippen LogP contribution in [-0.2, 0) is 0 Å². The molecule has 1 aromatic rings. The third-order valence-electron chi connectivity index (χ3n) is 1.88. The summed E-state index contributed by atoms with van der Waals surface area (Å²) in [6.07, 6.45) is 1.24. The van der Waals surface area contributed by atoms with Gasteiger partial charge in [-0.15, -0.1) is 13.2 Å². The number of ether oxygens (including phenoxy) is 1. The van der Waals surface area contributed by atoms with E-state index in [1.807, 2.05) is 12.2 Å². The summed E-state index contributed by atoms with van der Waals surface area (Å²) >= 11 is 0. The van der Waals surface area contributed by atoms with Gasteiger partial charge in [0.25, 0.3) is 0 Å². The van der Waals surface area contributed by atoms with E-state index in [9.17, 15) is 13.2 Å². The molecule has 0 bridgehead atoms. The molecule has 0 aliphatic heterocycles. The Morgan fingerprint density at radius 3 is 2.31 bits per heavy atom. The minimum absolute atomic E-state index is 0.194. The number of benzene rings is 1. The summed E-state index contributed by atoms with van der Waals surface area (Å²) in [6, 6.07) is 5.79. The summed E-state index contributed by atoms with van der Waals surface area (Å²) in [6.45, 7) is 2.06. The lowest BCUT2D eigenvalue weighted by molar-refractivity contribution is -0.274. The molecule has 0 radical (unpaired) electrons. The predicted molar refractivity (Wildman–Crippen MR) is 57.1 cm³/mol. The van der Waals surface area contributed by atoms with Gasteiger partial charge in [0.2, 0.25) is 0 Å². The van der Waals surface area contributed by atoms with Crippen LogP contribution in [0.5, 0.6) is 5.75 Å². The molecular weight excluding hydrogens is 217 g/mol. The molecule has 0 amide bonds. The molecule has 0 atom stereocenters. The predicted octanol–water partition coefficient (Wildman–Crippen LogP) is 4.40. The molecule has 0 spiro atoms. The lowest BCUT2D eigenvalue weighted by Gasteiger charge is -2.08. The van der Waals surface area contributed by atoms with Crippen molar-refractivity contribution in [3.63, 3.8) is 0 Å². The van der Waals surface area contributed by atoms with Crippen molar-refractivity contribution in [3.8, 4) is 5.75 Å². The van der Waals surface area contributed by atoms with Crippen molar-refractivity contribution in [2.24, 2.45) is 0 Å². The largest absolute Gasteiger partial charge is 0.573 e. The molecule has 0 heterocycles. The van der Waals surface area contributed by atoms with Crippen LogP contribution in [0.2, 0.25) is 0 Å². The van der Waals surface area contributed by atoms with Crippen molar-refractivity contribution in [2.75, 3.05) is 0 Å². The zero-order valence-electron chi connectivity index (χ0n) is 8.92. The average molecular weight is 230 g/mol. The molecule has 0 aliphatic carbocycles. The number of hydrogen-bond acceptors (Lipinski definition) is 1. The van der Waals surface area contributed by atoms with E-state index in [2.05, 4.69) is 11.7 Å². The van der Waals surface area contributed by atoms with Gasteiger partial charge in [0.15, 0.2) is 0 Å². The Hall–Kier alpha value is -1.45. The van der Waals surface area contributed by atoms with Gasteiger partial charge in [-0.25, -0.2) is 0 Å². The van der Waals surface area contributed by atoms with E-state index >= 15 is 0 Å². The van der Waals surface area contributed by atoms with E-state index in [0.717, 1.165) is 18.4 Å². The first-order valence-corrected chi connectivity index (χ1v) is 5.03. The molecule has 0 saturated heterocycles. The normalized spacial score (nSPS) is 12.0. The van der Waals surface area contributed by atoms with Gasteiger partial charge < -0.3 is 4.74 Å². The Labute approximate surface area is 92.5 Å². The van der Waals surface area contributed by atoms with Crippen LogP contribution in [0.3, 0.4) is 0 Å². The van der Waals surface area contributed by atoms with E-state index in [-0.39, 0.29) is 5.75 Å². The number of alkyl halides is 3. The second-order valence-corrected chi connectivity index (χ2v) is 3.31. The highest BCUT2D eigenvalue weighted by Gasteiger charge is 2.30. The average Bonchev–Trinajstić information content (AvgIpc) is 2.19. The van der Waals surface area contributed by atoms with Gasteiger partial charge >= 0.3 is 6.36 Å². The van der Waals surface area contributed by atoms with Gasteiger partial charge in [-0.3, -0.25) is 0 Å². The molecule has 1 aromatic carbocycles. The minimum atomic E-state index is -4.63. The number of hydrogen-bond donors (Lipinski definition) is 0. The summed E-state index contributed by atoms with van der Waals surface area (Å²) in [7, 11) is 0. The highest BCUT2D eigenvalue weighted by Crippen LogP contribution is 2.22. The Balaban J connectivity index is 2.61. The topological polar surface area (TPSA) is 9.23 Å².